The molecule has 0 radical (unpaired) electrons. The van der Waals surface area contributed by atoms with Crippen LogP contribution in [0.5, 0.6) is 5.75 Å². The number of hydrazine groups is 1. The van der Waals surface area contributed by atoms with Gasteiger partial charge in [0.15, 0.2) is 0 Å². The Hall–Kier alpha value is -1.20. The molecule has 2 rings (SSSR count). The number of carboxylic acids is 1. The van der Waals surface area contributed by atoms with E-state index in [0.717, 1.165) is 17.3 Å². The summed E-state index contributed by atoms with van der Waals surface area (Å²) in [4.78, 5) is 10.9. The molecule has 0 aromatic heterocycles. The standard InChI is InChI=1S/C20H26N4O8S2.2Na/c1-5-21-24(18-10-8-15(34(29,30)31)12-16(18)20(25)26)22-17-13-14(9-11-19(17)32-4)33(27,28)23(6-2)7-3;;/h5,8-13,22H,6-7H2,1-4H3,(H,25,26)(H,29,30,31);;/q;2*+1/p-2. The molecule has 0 amide bonds. The first-order chi connectivity index (χ1) is 15.9. The Balaban J connectivity index is 0.00000612. The van der Waals surface area contributed by atoms with Crippen molar-refractivity contribution in [2.24, 2.45) is 5.10 Å². The number of carbonyl (C=O) groups excluding carboxylic acids is 1. The van der Waals surface area contributed by atoms with Gasteiger partial charge in [-0.1, -0.05) is 13.8 Å². The fourth-order valence-electron chi connectivity index (χ4n) is 3.05. The molecule has 12 nitrogen and oxygen atoms in total. The Labute approximate surface area is 255 Å². The quantitative estimate of drug-likeness (QED) is 0.122. The topological polar surface area (TPSA) is 172 Å². The summed E-state index contributed by atoms with van der Waals surface area (Å²) in [5, 5.41) is 16.7. The van der Waals surface area contributed by atoms with E-state index in [-0.39, 0.29) is 94.2 Å². The number of sulfonamides is 1. The van der Waals surface area contributed by atoms with Gasteiger partial charge < -0.3 is 19.2 Å². The number of anilines is 2. The summed E-state index contributed by atoms with van der Waals surface area (Å²) in [5.41, 5.74) is 2.07. The smallest absolute Gasteiger partial charge is 0.744 e. The van der Waals surface area contributed by atoms with Gasteiger partial charge in [-0.15, -0.1) is 0 Å². The van der Waals surface area contributed by atoms with Crippen LogP contribution < -0.4 is 79.5 Å². The van der Waals surface area contributed by atoms with Crippen LogP contribution in [0.15, 0.2) is 51.3 Å². The van der Waals surface area contributed by atoms with Crippen molar-refractivity contribution in [3.05, 3.63) is 42.0 Å². The maximum Gasteiger partial charge on any atom is 1.00 e. The Morgan fingerprint density at radius 1 is 1.06 bits per heavy atom. The van der Waals surface area contributed by atoms with Crippen molar-refractivity contribution in [1.82, 2.24) is 4.31 Å². The number of hydrogen-bond donors (Lipinski definition) is 1. The molecule has 16 heteroatoms. The molecule has 2 aromatic carbocycles. The average Bonchev–Trinajstić information content (AvgIpc) is 2.78. The third-order valence-corrected chi connectivity index (χ3v) is 7.55. The SMILES string of the molecule is CC=NN(Nc1cc(S(=O)(=O)N(CC)CC)ccc1OC)c1ccc(S(=O)(=O)[O-])cc1C(=O)[O-].[Na+].[Na+]. The minimum atomic E-state index is -4.93. The first-order valence-corrected chi connectivity index (χ1v) is 12.8. The number of hydrogen-bond acceptors (Lipinski definition) is 11. The Kier molecular flexibility index (Phi) is 14.2. The molecule has 0 heterocycles. The molecule has 0 bridgehead atoms. The Morgan fingerprint density at radius 3 is 2.11 bits per heavy atom. The van der Waals surface area contributed by atoms with E-state index >= 15 is 0 Å². The summed E-state index contributed by atoms with van der Waals surface area (Å²) >= 11 is 0. The molecule has 0 spiro atoms. The second kappa shape index (κ2) is 14.7. The molecule has 1 N–H and O–H groups in total. The van der Waals surface area contributed by atoms with Gasteiger partial charge >= 0.3 is 59.1 Å². The molecule has 36 heavy (non-hydrogen) atoms. The van der Waals surface area contributed by atoms with Crippen LogP contribution in [0, 0.1) is 0 Å². The predicted molar refractivity (Wildman–Crippen MR) is 122 cm³/mol. The third-order valence-electron chi connectivity index (χ3n) is 4.68. The maximum atomic E-state index is 12.9. The molecule has 0 aliphatic carbocycles. The monoisotopic (exact) mass is 558 g/mol. The Bertz CT molecular complexity index is 1300. The molecule has 0 fully saturated rings. The maximum absolute atomic E-state index is 12.9. The van der Waals surface area contributed by atoms with Crippen molar-refractivity contribution < 1.29 is 95.1 Å². The fourth-order valence-corrected chi connectivity index (χ4v) is 5.03. The summed E-state index contributed by atoms with van der Waals surface area (Å²) < 4.78 is 66.4. The number of nitrogens with zero attached hydrogens (tertiary/aromatic N) is 3. The van der Waals surface area contributed by atoms with Crippen molar-refractivity contribution in [3.8, 4) is 5.75 Å². The number of nitrogens with one attached hydrogen (secondary N) is 1. The van der Waals surface area contributed by atoms with Crippen molar-refractivity contribution in [3.63, 3.8) is 0 Å². The predicted octanol–water partition coefficient (Wildman–Crippen LogP) is -5.16. The van der Waals surface area contributed by atoms with Crippen LogP contribution in [-0.2, 0) is 20.1 Å². The molecule has 0 aliphatic rings. The van der Waals surface area contributed by atoms with Gasteiger partial charge in [-0.2, -0.15) is 14.5 Å². The molecule has 0 saturated heterocycles. The van der Waals surface area contributed by atoms with Crippen molar-refractivity contribution in [2.45, 2.75) is 30.6 Å². The second-order valence-corrected chi connectivity index (χ2v) is 9.99. The average molecular weight is 559 g/mol. The van der Waals surface area contributed by atoms with Crippen LogP contribution in [0.2, 0.25) is 0 Å². The van der Waals surface area contributed by atoms with E-state index in [0.29, 0.717) is 6.07 Å². The van der Waals surface area contributed by atoms with Crippen LogP contribution in [0.4, 0.5) is 11.4 Å². The first kappa shape index (κ1) is 34.8. The van der Waals surface area contributed by atoms with E-state index in [4.69, 9.17) is 4.74 Å². The first-order valence-electron chi connectivity index (χ1n) is 9.95. The summed E-state index contributed by atoms with van der Waals surface area (Å²) in [7, 11) is -7.40. The van der Waals surface area contributed by atoms with Gasteiger partial charge in [0.25, 0.3) is 0 Å². The van der Waals surface area contributed by atoms with Crippen LogP contribution in [-0.4, -0.2) is 58.1 Å². The van der Waals surface area contributed by atoms with Gasteiger partial charge in [0, 0.05) is 24.9 Å². The van der Waals surface area contributed by atoms with E-state index in [9.17, 15) is 31.3 Å². The van der Waals surface area contributed by atoms with Gasteiger partial charge in [-0.05, 0) is 43.3 Å². The zero-order valence-electron chi connectivity index (χ0n) is 20.9. The van der Waals surface area contributed by atoms with E-state index in [1.54, 1.807) is 13.8 Å². The molecule has 186 valence electrons. The van der Waals surface area contributed by atoms with Gasteiger partial charge in [0.2, 0.25) is 10.0 Å². The summed E-state index contributed by atoms with van der Waals surface area (Å²) in [6.45, 7) is 5.44. The minimum Gasteiger partial charge on any atom is -0.744 e. The summed E-state index contributed by atoms with van der Waals surface area (Å²) in [6.07, 6.45) is 1.30. The van der Waals surface area contributed by atoms with Crippen LogP contribution in [0.3, 0.4) is 0 Å². The van der Waals surface area contributed by atoms with Crippen LogP contribution in [0.1, 0.15) is 31.1 Å². The number of benzene rings is 2. The number of hydrazone groups is 1. The number of carboxylic acid groups (broad SMARTS) is 1. The zero-order valence-corrected chi connectivity index (χ0v) is 26.5. The largest absolute Gasteiger partial charge is 1.00 e. The molecule has 0 unspecified atom stereocenters. The van der Waals surface area contributed by atoms with Crippen molar-refractivity contribution in [1.29, 1.82) is 0 Å². The van der Waals surface area contributed by atoms with E-state index in [2.05, 4.69) is 10.5 Å². The fraction of sp³-hybridized carbons (Fsp3) is 0.300. The zero-order chi connectivity index (χ0) is 25.7. The molecular formula is C20H24N4Na2O8S2. The molecule has 0 saturated carbocycles. The molecule has 2 aromatic rings. The van der Waals surface area contributed by atoms with Crippen LogP contribution in [0.25, 0.3) is 0 Å². The number of aromatic carboxylic acids is 1. The van der Waals surface area contributed by atoms with Crippen molar-refractivity contribution >= 4 is 43.7 Å². The molecule has 0 atom stereocenters. The summed E-state index contributed by atoms with van der Waals surface area (Å²) in [5.74, 6) is -1.55. The van der Waals surface area contributed by atoms with E-state index < -0.39 is 36.6 Å². The number of carbonyl (C=O) groups is 1. The number of ether oxygens (including phenoxy) is 1. The number of rotatable bonds is 11. The van der Waals surface area contributed by atoms with Crippen molar-refractivity contribution in [2.75, 3.05) is 30.7 Å². The summed E-state index contributed by atoms with van der Waals surface area (Å²) in [6, 6.07) is 6.71. The number of methoxy groups -OCH3 is 1. The second-order valence-electron chi connectivity index (χ2n) is 6.67. The molecular weight excluding hydrogens is 534 g/mol. The van der Waals surface area contributed by atoms with Crippen LogP contribution >= 0.6 is 0 Å². The van der Waals surface area contributed by atoms with E-state index in [1.165, 1.54) is 42.8 Å². The third kappa shape index (κ3) is 8.15. The van der Waals surface area contributed by atoms with Gasteiger partial charge in [-0.25, -0.2) is 16.8 Å². The van der Waals surface area contributed by atoms with Gasteiger partial charge in [0.1, 0.15) is 15.9 Å². The molecule has 0 aliphatic heterocycles. The van der Waals surface area contributed by atoms with Gasteiger partial charge in [-0.3, -0.25) is 5.43 Å². The minimum absolute atomic E-state index is 0. The van der Waals surface area contributed by atoms with E-state index in [1.807, 2.05) is 0 Å². The normalized spacial score (nSPS) is 11.5. The van der Waals surface area contributed by atoms with Gasteiger partial charge in [0.05, 0.1) is 34.2 Å². The Morgan fingerprint density at radius 2 is 1.64 bits per heavy atom.